The molecule has 3 N–H and O–H groups in total. The van der Waals surface area contributed by atoms with E-state index in [0.29, 0.717) is 11.2 Å². The van der Waals surface area contributed by atoms with Crippen LogP contribution in [0.25, 0.3) is 0 Å². The van der Waals surface area contributed by atoms with Gasteiger partial charge < -0.3 is 20.1 Å². The van der Waals surface area contributed by atoms with E-state index in [1.54, 1.807) is 25.3 Å². The molecular weight excluding hydrogens is 466 g/mol. The van der Waals surface area contributed by atoms with Crippen LogP contribution in [0.5, 0.6) is 5.75 Å². The molecule has 3 rings (SSSR count). The van der Waals surface area contributed by atoms with E-state index in [1.165, 1.54) is 17.0 Å². The van der Waals surface area contributed by atoms with Crippen molar-refractivity contribution in [3.63, 3.8) is 0 Å². The summed E-state index contributed by atoms with van der Waals surface area (Å²) in [5.74, 6) is -0.160. The summed E-state index contributed by atoms with van der Waals surface area (Å²) in [5.41, 5.74) is 4.31. The number of hydroxylamine groups is 1. The average molecular weight is 490 g/mol. The molecule has 2 atom stereocenters. The number of hydrogen-bond acceptors (Lipinski definition) is 6. The van der Waals surface area contributed by atoms with Gasteiger partial charge in [-0.1, -0.05) is 42.5 Å². The lowest BCUT2D eigenvalue weighted by Crippen LogP contribution is -2.50. The normalized spacial score (nSPS) is 16.1. The molecule has 1 heterocycles. The minimum atomic E-state index is -0.848. The Kier molecular flexibility index (Phi) is 7.91. The van der Waals surface area contributed by atoms with Crippen LogP contribution in [0.2, 0.25) is 0 Å². The van der Waals surface area contributed by atoms with Gasteiger partial charge in [0, 0.05) is 13.5 Å². The van der Waals surface area contributed by atoms with Crippen molar-refractivity contribution in [1.82, 2.24) is 15.7 Å². The van der Waals surface area contributed by atoms with E-state index >= 15 is 0 Å². The number of alkyl carbamates (subject to hydrolysis) is 1. The van der Waals surface area contributed by atoms with Crippen molar-refractivity contribution >= 4 is 27.9 Å². The maximum absolute atomic E-state index is 13.1. The largest absolute Gasteiger partial charge is 0.508 e. The van der Waals surface area contributed by atoms with Gasteiger partial charge in [0.05, 0.1) is 6.54 Å². The van der Waals surface area contributed by atoms with E-state index in [2.05, 4.69) is 26.7 Å². The zero-order valence-corrected chi connectivity index (χ0v) is 18.5. The summed E-state index contributed by atoms with van der Waals surface area (Å²) in [5, 5.41) is 12.2. The zero-order valence-electron chi connectivity index (χ0n) is 17.0. The van der Waals surface area contributed by atoms with Gasteiger partial charge in [0.25, 0.3) is 0 Å². The first kappa shape index (κ1) is 22.6. The number of hydrogen-bond donors (Lipinski definition) is 3. The Bertz CT molecular complexity index is 921. The molecule has 2 amide bonds. The average Bonchev–Trinajstić information content (AvgIpc) is 3.18. The zero-order chi connectivity index (χ0) is 22.2. The van der Waals surface area contributed by atoms with Gasteiger partial charge >= 0.3 is 6.09 Å². The third-order valence-electron chi connectivity index (χ3n) is 4.65. The highest BCUT2D eigenvalue weighted by Gasteiger charge is 2.27. The van der Waals surface area contributed by atoms with Crippen molar-refractivity contribution in [2.75, 3.05) is 13.6 Å². The second kappa shape index (κ2) is 10.8. The predicted octanol–water partition coefficient (Wildman–Crippen LogP) is 2.83. The maximum Gasteiger partial charge on any atom is 0.408 e. The molecule has 0 saturated heterocycles. The predicted molar refractivity (Wildman–Crippen MR) is 118 cm³/mol. The Hall–Kier alpha value is -3.04. The molecule has 8 nitrogen and oxygen atoms in total. The molecule has 9 heteroatoms. The second-order valence-corrected chi connectivity index (χ2v) is 7.98. The smallest absolute Gasteiger partial charge is 0.408 e. The minimum Gasteiger partial charge on any atom is -0.508 e. The van der Waals surface area contributed by atoms with Crippen molar-refractivity contribution < 1.29 is 24.3 Å². The first-order valence-corrected chi connectivity index (χ1v) is 10.5. The van der Waals surface area contributed by atoms with Gasteiger partial charge in [0.15, 0.2) is 0 Å². The number of ether oxygens (including phenoxy) is 1. The molecule has 0 radical (unpaired) electrons. The van der Waals surface area contributed by atoms with Crippen LogP contribution in [0.15, 0.2) is 65.3 Å². The molecule has 0 bridgehead atoms. The fourth-order valence-corrected chi connectivity index (χ4v) is 3.44. The van der Waals surface area contributed by atoms with Crippen LogP contribution < -0.4 is 10.8 Å². The van der Waals surface area contributed by atoms with Gasteiger partial charge in [-0.05, 0) is 45.3 Å². The molecule has 1 unspecified atom stereocenters. The van der Waals surface area contributed by atoms with E-state index in [4.69, 9.17) is 9.57 Å². The van der Waals surface area contributed by atoms with Crippen LogP contribution in [-0.2, 0) is 27.4 Å². The van der Waals surface area contributed by atoms with Crippen molar-refractivity contribution in [3.8, 4) is 5.75 Å². The van der Waals surface area contributed by atoms with E-state index in [1.807, 2.05) is 30.3 Å². The summed E-state index contributed by atoms with van der Waals surface area (Å²) in [4.78, 5) is 32.3. The van der Waals surface area contributed by atoms with E-state index < -0.39 is 12.1 Å². The van der Waals surface area contributed by atoms with Crippen molar-refractivity contribution in [3.05, 3.63) is 76.4 Å². The Balaban J connectivity index is 1.65. The number of nitrogens with one attached hydrogen (secondary N) is 2. The maximum atomic E-state index is 13.1. The molecule has 1 aliphatic rings. The third kappa shape index (κ3) is 7.01. The van der Waals surface area contributed by atoms with Crippen LogP contribution in [0, 0.1) is 0 Å². The summed E-state index contributed by atoms with van der Waals surface area (Å²) in [6.45, 7) is 0.400. The summed E-state index contributed by atoms with van der Waals surface area (Å²) in [7, 11) is 1.65. The molecule has 2 aromatic carbocycles. The molecule has 2 aromatic rings. The van der Waals surface area contributed by atoms with Crippen LogP contribution in [0.1, 0.15) is 11.1 Å². The highest BCUT2D eigenvalue weighted by atomic mass is 79.9. The fraction of sp³-hybridized carbons (Fsp3) is 0.273. The monoisotopic (exact) mass is 489 g/mol. The first-order valence-electron chi connectivity index (χ1n) is 9.70. The number of phenolic OH excluding ortho intramolecular Hbond substituents is 1. The number of halogens is 1. The van der Waals surface area contributed by atoms with Gasteiger partial charge in [-0.2, -0.15) is 0 Å². The highest BCUT2D eigenvalue weighted by molar-refractivity contribution is 9.11. The summed E-state index contributed by atoms with van der Waals surface area (Å²) in [6, 6.07) is 14.9. The summed E-state index contributed by atoms with van der Waals surface area (Å²) in [6.07, 6.45) is 1.05. The van der Waals surface area contributed by atoms with E-state index in [0.717, 1.165) is 11.1 Å². The Labute approximate surface area is 188 Å². The number of carbonyl (C=O) groups is 2. The number of rotatable bonds is 8. The van der Waals surface area contributed by atoms with Gasteiger partial charge in [0.1, 0.15) is 29.1 Å². The Morgan fingerprint density at radius 3 is 2.55 bits per heavy atom. The Morgan fingerprint density at radius 1 is 1.19 bits per heavy atom. The number of benzene rings is 2. The van der Waals surface area contributed by atoms with Crippen molar-refractivity contribution in [2.24, 2.45) is 0 Å². The van der Waals surface area contributed by atoms with Crippen molar-refractivity contribution in [2.45, 2.75) is 25.2 Å². The number of nitrogens with zero attached hydrogens (tertiary/aromatic N) is 1. The fourth-order valence-electron chi connectivity index (χ4n) is 3.05. The van der Waals surface area contributed by atoms with Gasteiger partial charge in [-0.15, -0.1) is 0 Å². The lowest BCUT2D eigenvalue weighted by molar-refractivity contribution is -0.133. The number of phenols is 1. The van der Waals surface area contributed by atoms with Gasteiger partial charge in [-0.3, -0.25) is 15.1 Å². The third-order valence-corrected chi connectivity index (χ3v) is 5.08. The van der Waals surface area contributed by atoms with E-state index in [-0.39, 0.29) is 30.8 Å². The lowest BCUT2D eigenvalue weighted by Gasteiger charge is -2.26. The quantitative estimate of drug-likeness (QED) is 0.493. The molecule has 1 aliphatic heterocycles. The molecular formula is C22H24BrN3O5. The van der Waals surface area contributed by atoms with Crippen LogP contribution in [0.3, 0.4) is 0 Å². The minimum absolute atomic E-state index is 0.100. The molecule has 0 aliphatic carbocycles. The van der Waals surface area contributed by atoms with Gasteiger partial charge in [0.2, 0.25) is 5.91 Å². The SMILES string of the molecule is CN(C[C@@H]1C=C(Br)NO1)C(=O)C(Cc1ccc(O)cc1)NC(=O)OCc1ccccc1. The van der Waals surface area contributed by atoms with Crippen LogP contribution in [0.4, 0.5) is 4.79 Å². The van der Waals surface area contributed by atoms with E-state index in [9.17, 15) is 14.7 Å². The molecule has 0 fully saturated rings. The molecule has 31 heavy (non-hydrogen) atoms. The topological polar surface area (TPSA) is 100 Å². The number of likely N-dealkylation sites (N-methyl/N-ethyl adjacent to an activating group) is 1. The van der Waals surface area contributed by atoms with Crippen molar-refractivity contribution in [1.29, 1.82) is 0 Å². The van der Waals surface area contributed by atoms with Crippen LogP contribution >= 0.6 is 15.9 Å². The standard InChI is InChI=1S/C22H24BrN3O5/c1-26(13-18-12-20(23)25-31-18)21(28)19(11-15-7-9-17(27)10-8-15)24-22(29)30-14-16-5-3-2-4-6-16/h2-10,12,18-19,25,27H,11,13-14H2,1H3,(H,24,29)/t18-,19?/m0/s1. The summed E-state index contributed by atoms with van der Waals surface area (Å²) >= 11 is 3.28. The highest BCUT2D eigenvalue weighted by Crippen LogP contribution is 2.15. The van der Waals surface area contributed by atoms with Gasteiger partial charge in [-0.25, -0.2) is 4.79 Å². The molecule has 0 aromatic heterocycles. The first-order chi connectivity index (χ1) is 14.9. The number of aromatic hydroxyl groups is 1. The number of amides is 2. The second-order valence-electron chi connectivity index (χ2n) is 7.12. The molecule has 0 saturated carbocycles. The Morgan fingerprint density at radius 2 is 1.90 bits per heavy atom. The number of carbonyl (C=O) groups excluding carboxylic acids is 2. The summed E-state index contributed by atoms with van der Waals surface area (Å²) < 4.78 is 5.98. The lowest BCUT2D eigenvalue weighted by atomic mass is 10.0. The van der Waals surface area contributed by atoms with Crippen LogP contribution in [-0.4, -0.2) is 47.7 Å². The molecule has 164 valence electrons. The molecule has 0 spiro atoms.